The first-order chi connectivity index (χ1) is 8.55. The number of hydrogen-bond acceptors (Lipinski definition) is 5. The lowest BCUT2D eigenvalue weighted by atomic mass is 9.96. The van der Waals surface area contributed by atoms with E-state index in [-0.39, 0.29) is 0 Å². The molecule has 1 unspecified atom stereocenters. The van der Waals surface area contributed by atoms with Crippen LogP contribution in [0.5, 0.6) is 0 Å². The van der Waals surface area contributed by atoms with Gasteiger partial charge in [-0.25, -0.2) is 0 Å². The number of aliphatic carboxylic acids is 1. The molecule has 1 atom stereocenters. The monoisotopic (exact) mass is 253 g/mol. The summed E-state index contributed by atoms with van der Waals surface area (Å²) in [4.78, 5) is 15.5. The minimum absolute atomic E-state index is 0.294. The molecule has 1 aromatic rings. The van der Waals surface area contributed by atoms with Gasteiger partial charge in [0.2, 0.25) is 5.89 Å². The predicted octanol–water partition coefficient (Wildman–Crippen LogP) is 1.68. The molecule has 1 aliphatic rings. The van der Waals surface area contributed by atoms with Crippen LogP contribution in [-0.2, 0) is 11.3 Å². The number of carbonyl (C=O) groups is 1. The van der Waals surface area contributed by atoms with Crippen LogP contribution in [0.1, 0.15) is 57.2 Å². The summed E-state index contributed by atoms with van der Waals surface area (Å²) in [7, 11) is 0. The number of hydrogen-bond donors (Lipinski definition) is 2. The molecule has 0 aliphatic heterocycles. The Bertz CT molecular complexity index is 428. The van der Waals surface area contributed by atoms with E-state index < -0.39 is 11.5 Å². The van der Waals surface area contributed by atoms with Gasteiger partial charge in [0.15, 0.2) is 5.82 Å². The second-order valence-corrected chi connectivity index (χ2v) is 5.06. The molecule has 1 fully saturated rings. The molecule has 18 heavy (non-hydrogen) atoms. The molecule has 2 rings (SSSR count). The van der Waals surface area contributed by atoms with Crippen LogP contribution in [0.25, 0.3) is 0 Å². The van der Waals surface area contributed by atoms with Gasteiger partial charge >= 0.3 is 5.97 Å². The van der Waals surface area contributed by atoms with Crippen LogP contribution in [-0.4, -0.2) is 26.8 Å². The van der Waals surface area contributed by atoms with Crippen LogP contribution in [0, 0.1) is 0 Å². The zero-order valence-electron chi connectivity index (χ0n) is 10.8. The number of carboxylic acid groups (broad SMARTS) is 1. The molecule has 2 N–H and O–H groups in total. The number of carboxylic acids is 1. The number of nitrogens with zero attached hydrogens (tertiary/aromatic N) is 2. The number of nitrogens with one attached hydrogen (secondary N) is 1. The average Bonchev–Trinajstić information content (AvgIpc) is 3.06. The van der Waals surface area contributed by atoms with Crippen molar-refractivity contribution in [3.05, 3.63) is 11.7 Å². The van der Waals surface area contributed by atoms with Crippen molar-refractivity contribution in [2.75, 3.05) is 0 Å². The second kappa shape index (κ2) is 5.06. The van der Waals surface area contributed by atoms with Crippen molar-refractivity contribution in [1.82, 2.24) is 15.5 Å². The van der Waals surface area contributed by atoms with E-state index in [1.807, 2.05) is 6.92 Å². The van der Waals surface area contributed by atoms with Crippen molar-refractivity contribution in [2.45, 2.75) is 57.5 Å². The SMILES string of the molecule is CCCC(C)(NCc1nc(C2CC2)no1)C(=O)O. The molecule has 1 saturated carbocycles. The Labute approximate surface area is 106 Å². The van der Waals surface area contributed by atoms with Gasteiger partial charge in [0.05, 0.1) is 6.54 Å². The van der Waals surface area contributed by atoms with Gasteiger partial charge < -0.3 is 9.63 Å². The van der Waals surface area contributed by atoms with Crippen molar-refractivity contribution in [1.29, 1.82) is 0 Å². The Morgan fingerprint density at radius 1 is 1.61 bits per heavy atom. The smallest absolute Gasteiger partial charge is 0.323 e. The summed E-state index contributed by atoms with van der Waals surface area (Å²) in [6, 6.07) is 0. The largest absolute Gasteiger partial charge is 0.480 e. The minimum Gasteiger partial charge on any atom is -0.480 e. The standard InChI is InChI=1S/C12H19N3O3/c1-3-6-12(2,11(16)17)13-7-9-14-10(15-18-9)8-4-5-8/h8,13H,3-7H2,1-2H3,(H,16,17). The third kappa shape index (κ3) is 2.87. The summed E-state index contributed by atoms with van der Waals surface area (Å²) in [6.07, 6.45) is 3.60. The lowest BCUT2D eigenvalue weighted by Gasteiger charge is -2.24. The Morgan fingerprint density at radius 3 is 2.89 bits per heavy atom. The van der Waals surface area contributed by atoms with Gasteiger partial charge in [0.1, 0.15) is 5.54 Å². The molecule has 6 heteroatoms. The molecule has 0 amide bonds. The summed E-state index contributed by atoms with van der Waals surface area (Å²) in [5.41, 5.74) is -0.942. The summed E-state index contributed by atoms with van der Waals surface area (Å²) in [5.74, 6) is 0.801. The molecule has 0 radical (unpaired) electrons. The van der Waals surface area contributed by atoms with Crippen molar-refractivity contribution < 1.29 is 14.4 Å². The Balaban J connectivity index is 1.93. The van der Waals surface area contributed by atoms with Crippen LogP contribution in [0.4, 0.5) is 0 Å². The number of rotatable bonds is 7. The highest BCUT2D eigenvalue weighted by atomic mass is 16.5. The molecular formula is C12H19N3O3. The molecule has 6 nitrogen and oxygen atoms in total. The van der Waals surface area contributed by atoms with Gasteiger partial charge in [-0.1, -0.05) is 18.5 Å². The second-order valence-electron chi connectivity index (χ2n) is 5.06. The predicted molar refractivity (Wildman–Crippen MR) is 64.1 cm³/mol. The molecule has 0 bridgehead atoms. The first-order valence-corrected chi connectivity index (χ1v) is 6.36. The summed E-state index contributed by atoms with van der Waals surface area (Å²) >= 11 is 0. The minimum atomic E-state index is -0.942. The molecule has 100 valence electrons. The van der Waals surface area contributed by atoms with E-state index in [0.29, 0.717) is 24.8 Å². The number of aromatic nitrogens is 2. The zero-order valence-corrected chi connectivity index (χ0v) is 10.8. The van der Waals surface area contributed by atoms with E-state index >= 15 is 0 Å². The quantitative estimate of drug-likeness (QED) is 0.768. The lowest BCUT2D eigenvalue weighted by molar-refractivity contribution is -0.144. The van der Waals surface area contributed by atoms with Crippen LogP contribution >= 0.6 is 0 Å². The third-order valence-corrected chi connectivity index (χ3v) is 3.28. The summed E-state index contributed by atoms with van der Waals surface area (Å²) < 4.78 is 5.10. The van der Waals surface area contributed by atoms with Crippen LogP contribution in [0.3, 0.4) is 0 Å². The maximum absolute atomic E-state index is 11.2. The van der Waals surface area contributed by atoms with E-state index in [0.717, 1.165) is 25.1 Å². The third-order valence-electron chi connectivity index (χ3n) is 3.28. The zero-order chi connectivity index (χ0) is 13.2. The fourth-order valence-corrected chi connectivity index (χ4v) is 1.89. The topological polar surface area (TPSA) is 88.3 Å². The van der Waals surface area contributed by atoms with E-state index in [4.69, 9.17) is 4.52 Å². The van der Waals surface area contributed by atoms with Crippen LogP contribution in [0.15, 0.2) is 4.52 Å². The van der Waals surface area contributed by atoms with E-state index in [2.05, 4.69) is 15.5 Å². The molecule has 1 aromatic heterocycles. The molecule has 0 saturated heterocycles. The highest BCUT2D eigenvalue weighted by Crippen LogP contribution is 2.38. The summed E-state index contributed by atoms with van der Waals surface area (Å²) in [5, 5.41) is 16.1. The fraction of sp³-hybridized carbons (Fsp3) is 0.750. The van der Waals surface area contributed by atoms with E-state index in [1.54, 1.807) is 6.92 Å². The van der Waals surface area contributed by atoms with Crippen LogP contribution < -0.4 is 5.32 Å². The Morgan fingerprint density at radius 2 is 2.33 bits per heavy atom. The fourth-order valence-electron chi connectivity index (χ4n) is 1.89. The van der Waals surface area contributed by atoms with Gasteiger partial charge in [-0.3, -0.25) is 10.1 Å². The lowest BCUT2D eigenvalue weighted by Crippen LogP contribution is -2.49. The maximum Gasteiger partial charge on any atom is 0.323 e. The van der Waals surface area contributed by atoms with E-state index in [1.165, 1.54) is 0 Å². The van der Waals surface area contributed by atoms with Crippen molar-refractivity contribution in [3.63, 3.8) is 0 Å². The van der Waals surface area contributed by atoms with E-state index in [9.17, 15) is 9.90 Å². The van der Waals surface area contributed by atoms with Gasteiger partial charge in [0.25, 0.3) is 0 Å². The summed E-state index contributed by atoms with van der Waals surface area (Å²) in [6.45, 7) is 3.93. The van der Waals surface area contributed by atoms with Gasteiger partial charge in [-0.05, 0) is 26.2 Å². The van der Waals surface area contributed by atoms with Crippen molar-refractivity contribution >= 4 is 5.97 Å². The molecule has 0 spiro atoms. The normalized spacial score (nSPS) is 18.6. The van der Waals surface area contributed by atoms with Crippen molar-refractivity contribution in [3.8, 4) is 0 Å². The first-order valence-electron chi connectivity index (χ1n) is 6.36. The van der Waals surface area contributed by atoms with Crippen molar-refractivity contribution in [2.24, 2.45) is 0 Å². The van der Waals surface area contributed by atoms with Gasteiger partial charge in [-0.15, -0.1) is 0 Å². The molecule has 1 heterocycles. The molecule has 0 aromatic carbocycles. The molecular weight excluding hydrogens is 234 g/mol. The maximum atomic E-state index is 11.2. The van der Waals surface area contributed by atoms with Gasteiger partial charge in [-0.2, -0.15) is 4.98 Å². The highest BCUT2D eigenvalue weighted by molar-refractivity contribution is 5.78. The Kier molecular flexibility index (Phi) is 3.65. The van der Waals surface area contributed by atoms with Gasteiger partial charge in [0, 0.05) is 5.92 Å². The highest BCUT2D eigenvalue weighted by Gasteiger charge is 2.33. The first kappa shape index (κ1) is 13.0. The average molecular weight is 253 g/mol. The Hall–Kier alpha value is -1.43. The van der Waals surface area contributed by atoms with Crippen LogP contribution in [0.2, 0.25) is 0 Å². The molecule has 1 aliphatic carbocycles.